The van der Waals surface area contributed by atoms with Crippen molar-refractivity contribution in [1.82, 2.24) is 0 Å². The van der Waals surface area contributed by atoms with Crippen molar-refractivity contribution in [3.05, 3.63) is 23.0 Å². The molecule has 16 heavy (non-hydrogen) atoms. The number of hydrogen-bond donors (Lipinski definition) is 2. The summed E-state index contributed by atoms with van der Waals surface area (Å²) < 4.78 is 13.2. The number of amides is 1. The molecule has 2 rings (SSSR count). The van der Waals surface area contributed by atoms with Crippen molar-refractivity contribution in [2.75, 3.05) is 17.2 Å². The van der Waals surface area contributed by atoms with Crippen LogP contribution in [-0.4, -0.2) is 12.5 Å². The Bertz CT molecular complexity index is 460. The average Bonchev–Trinajstić information content (AvgIpc) is 2.29. The largest absolute Gasteiger partial charge is 0.382 e. The smallest absolute Gasteiger partial charge is 0.231 e. The first kappa shape index (κ1) is 11.2. The minimum absolute atomic E-state index is 0.000515. The fourth-order valence-corrected chi connectivity index (χ4v) is 1.65. The van der Waals surface area contributed by atoms with E-state index in [0.717, 1.165) is 0 Å². The predicted molar refractivity (Wildman–Crippen MR) is 62.3 cm³/mol. The van der Waals surface area contributed by atoms with Gasteiger partial charge in [0.2, 0.25) is 5.91 Å². The van der Waals surface area contributed by atoms with Crippen LogP contribution < -0.4 is 10.6 Å². The van der Waals surface area contributed by atoms with Crippen molar-refractivity contribution >= 4 is 28.9 Å². The lowest BCUT2D eigenvalue weighted by molar-refractivity contribution is -0.123. The van der Waals surface area contributed by atoms with Gasteiger partial charge in [0.15, 0.2) is 0 Å². The lowest BCUT2D eigenvalue weighted by Gasteiger charge is -2.19. The number of carbonyl (C=O) groups is 1. The highest BCUT2D eigenvalue weighted by Gasteiger charge is 2.31. The maximum atomic E-state index is 13.2. The summed E-state index contributed by atoms with van der Waals surface area (Å²) in [6, 6.07) is 2.71. The Balaban J connectivity index is 2.45. The van der Waals surface area contributed by atoms with Gasteiger partial charge in [-0.1, -0.05) is 11.6 Å². The van der Waals surface area contributed by atoms with E-state index >= 15 is 0 Å². The summed E-state index contributed by atoms with van der Waals surface area (Å²) >= 11 is 5.66. The van der Waals surface area contributed by atoms with Gasteiger partial charge in [-0.25, -0.2) is 4.39 Å². The van der Waals surface area contributed by atoms with Gasteiger partial charge in [0.05, 0.1) is 21.8 Å². The van der Waals surface area contributed by atoms with Crippen LogP contribution in [0.5, 0.6) is 0 Å². The molecule has 1 aliphatic rings. The van der Waals surface area contributed by atoms with Crippen molar-refractivity contribution in [3.8, 4) is 0 Å². The highest BCUT2D eigenvalue weighted by molar-refractivity contribution is 6.31. The van der Waals surface area contributed by atoms with Gasteiger partial charge in [-0.05, 0) is 19.9 Å². The number of benzene rings is 1. The number of anilines is 2. The maximum absolute atomic E-state index is 13.2. The molecule has 86 valence electrons. The van der Waals surface area contributed by atoms with Crippen LogP contribution >= 0.6 is 11.6 Å². The molecule has 0 fully saturated rings. The predicted octanol–water partition coefficient (Wildman–Crippen LogP) is 2.87. The van der Waals surface area contributed by atoms with Crippen molar-refractivity contribution in [2.45, 2.75) is 13.8 Å². The topological polar surface area (TPSA) is 41.1 Å². The molecule has 0 radical (unpaired) electrons. The molecule has 1 amide bonds. The Morgan fingerprint density at radius 2 is 2.06 bits per heavy atom. The molecule has 0 aromatic heterocycles. The van der Waals surface area contributed by atoms with E-state index in [2.05, 4.69) is 10.6 Å². The monoisotopic (exact) mass is 242 g/mol. The molecule has 0 bridgehead atoms. The lowest BCUT2D eigenvalue weighted by Crippen LogP contribution is -2.34. The summed E-state index contributed by atoms with van der Waals surface area (Å²) in [4.78, 5) is 11.8. The third kappa shape index (κ3) is 1.85. The Labute approximate surface area is 98.0 Å². The number of halogens is 2. The summed E-state index contributed by atoms with van der Waals surface area (Å²) in [6.45, 7) is 4.09. The highest BCUT2D eigenvalue weighted by atomic mass is 35.5. The molecule has 5 heteroatoms. The molecule has 1 aliphatic heterocycles. The van der Waals surface area contributed by atoms with Gasteiger partial charge in [0.25, 0.3) is 0 Å². The molecule has 0 atom stereocenters. The van der Waals surface area contributed by atoms with Gasteiger partial charge < -0.3 is 10.6 Å². The SMILES string of the molecule is CC1(C)CNc2cc(F)c(Cl)cc2NC1=O. The van der Waals surface area contributed by atoms with E-state index in [0.29, 0.717) is 17.9 Å². The third-order valence-electron chi connectivity index (χ3n) is 2.64. The summed E-state index contributed by atoms with van der Waals surface area (Å²) in [5.41, 5.74) is 0.532. The minimum atomic E-state index is -0.540. The third-order valence-corrected chi connectivity index (χ3v) is 2.93. The molecule has 3 nitrogen and oxygen atoms in total. The van der Waals surface area contributed by atoms with Crippen LogP contribution in [0.15, 0.2) is 12.1 Å². The minimum Gasteiger partial charge on any atom is -0.382 e. The molecule has 0 aliphatic carbocycles. The van der Waals surface area contributed by atoms with E-state index in [1.807, 2.05) is 13.8 Å². The van der Waals surface area contributed by atoms with E-state index < -0.39 is 11.2 Å². The first-order chi connectivity index (χ1) is 7.40. The molecule has 1 aromatic carbocycles. The zero-order chi connectivity index (χ0) is 11.9. The molecule has 0 spiro atoms. The van der Waals surface area contributed by atoms with Crippen LogP contribution in [0.1, 0.15) is 13.8 Å². The second-order valence-corrected chi connectivity index (χ2v) is 4.91. The number of fused-ring (bicyclic) bond motifs is 1. The summed E-state index contributed by atoms with van der Waals surface area (Å²) in [7, 11) is 0. The maximum Gasteiger partial charge on any atom is 0.231 e. The Kier molecular flexibility index (Phi) is 2.54. The van der Waals surface area contributed by atoms with Crippen LogP contribution in [0.4, 0.5) is 15.8 Å². The van der Waals surface area contributed by atoms with E-state index in [9.17, 15) is 9.18 Å². The fraction of sp³-hybridized carbons (Fsp3) is 0.364. The Morgan fingerprint density at radius 3 is 2.75 bits per heavy atom. The van der Waals surface area contributed by atoms with Gasteiger partial charge in [-0.3, -0.25) is 4.79 Å². The zero-order valence-corrected chi connectivity index (χ0v) is 9.78. The summed E-state index contributed by atoms with van der Waals surface area (Å²) in [5.74, 6) is -0.608. The number of carbonyl (C=O) groups excluding carboxylic acids is 1. The van der Waals surface area contributed by atoms with Crippen LogP contribution in [0.2, 0.25) is 5.02 Å². The van der Waals surface area contributed by atoms with Gasteiger partial charge in [-0.2, -0.15) is 0 Å². The first-order valence-corrected chi connectivity index (χ1v) is 5.32. The highest BCUT2D eigenvalue weighted by Crippen LogP contribution is 2.33. The lowest BCUT2D eigenvalue weighted by atomic mass is 9.93. The first-order valence-electron chi connectivity index (χ1n) is 4.94. The van der Waals surface area contributed by atoms with E-state index in [1.165, 1.54) is 12.1 Å². The van der Waals surface area contributed by atoms with Crippen LogP contribution in [0, 0.1) is 11.2 Å². The molecule has 1 aromatic rings. The molecule has 2 N–H and O–H groups in total. The van der Waals surface area contributed by atoms with Crippen LogP contribution in [0.3, 0.4) is 0 Å². The van der Waals surface area contributed by atoms with Gasteiger partial charge in [0, 0.05) is 12.6 Å². The number of nitrogens with one attached hydrogen (secondary N) is 2. The van der Waals surface area contributed by atoms with Gasteiger partial charge in [0.1, 0.15) is 5.82 Å². The zero-order valence-electron chi connectivity index (χ0n) is 9.03. The van der Waals surface area contributed by atoms with E-state index in [4.69, 9.17) is 11.6 Å². The van der Waals surface area contributed by atoms with E-state index in [1.54, 1.807) is 0 Å². The molecule has 0 saturated carbocycles. The van der Waals surface area contributed by atoms with Crippen molar-refractivity contribution in [3.63, 3.8) is 0 Å². The van der Waals surface area contributed by atoms with Crippen molar-refractivity contribution in [1.29, 1.82) is 0 Å². The van der Waals surface area contributed by atoms with Crippen LogP contribution in [0.25, 0.3) is 0 Å². The summed E-state index contributed by atoms with van der Waals surface area (Å²) in [6.07, 6.45) is 0. The van der Waals surface area contributed by atoms with Gasteiger partial charge in [-0.15, -0.1) is 0 Å². The molecule has 1 heterocycles. The molecule has 0 saturated heterocycles. The second-order valence-electron chi connectivity index (χ2n) is 4.50. The Morgan fingerprint density at radius 1 is 1.38 bits per heavy atom. The van der Waals surface area contributed by atoms with Gasteiger partial charge >= 0.3 is 0 Å². The fourth-order valence-electron chi connectivity index (χ4n) is 1.48. The molecular weight excluding hydrogens is 231 g/mol. The Hall–Kier alpha value is -1.29. The molecular formula is C11H12ClFN2O. The summed E-state index contributed by atoms with van der Waals surface area (Å²) in [5, 5.41) is 5.76. The average molecular weight is 243 g/mol. The normalized spacial score (nSPS) is 18.1. The number of rotatable bonds is 0. The van der Waals surface area contributed by atoms with Crippen molar-refractivity contribution in [2.24, 2.45) is 5.41 Å². The van der Waals surface area contributed by atoms with Crippen LogP contribution in [-0.2, 0) is 4.79 Å². The number of hydrogen-bond acceptors (Lipinski definition) is 2. The standard InChI is InChI=1S/C11H12ClFN2O/c1-11(2)5-14-8-4-7(13)6(12)3-9(8)15-10(11)16/h3-4,14H,5H2,1-2H3,(H,15,16). The second kappa shape index (κ2) is 3.63. The quantitative estimate of drug-likeness (QED) is 0.735. The van der Waals surface area contributed by atoms with E-state index in [-0.39, 0.29) is 10.9 Å². The molecule has 0 unspecified atom stereocenters. The van der Waals surface area contributed by atoms with Crippen molar-refractivity contribution < 1.29 is 9.18 Å².